The van der Waals surface area contributed by atoms with Crippen LogP contribution in [0.4, 0.5) is 5.69 Å². The van der Waals surface area contributed by atoms with Crippen molar-refractivity contribution in [3.8, 4) is 11.3 Å². The average molecular weight is 382 g/mol. The number of hydrogen-bond donors (Lipinski definition) is 1. The summed E-state index contributed by atoms with van der Waals surface area (Å²) in [4.78, 5) is 17.1. The second-order valence-electron chi connectivity index (χ2n) is 6.02. The van der Waals surface area contributed by atoms with Crippen molar-refractivity contribution in [2.45, 2.75) is 17.5 Å². The first-order chi connectivity index (χ1) is 12.8. The molecule has 4 nitrogen and oxygen atoms in total. The second-order valence-corrected chi connectivity index (χ2v) is 8.07. The number of thioether (sulfide) groups is 2. The molecule has 0 spiro atoms. The standard InChI is InChI=1S/C20H19N3OS2/c24-19(14-25-13-15-6-2-1-3-7-15)21-17-9-5-4-8-16(17)18-12-23-10-11-26-20(23)22-18/h1-9,12H,10-11,13-14H2,(H,21,24). The third-order valence-corrected chi connectivity index (χ3v) is 6.10. The van der Waals surface area contributed by atoms with Crippen molar-refractivity contribution >= 4 is 35.1 Å². The Kier molecular flexibility index (Phi) is 5.32. The van der Waals surface area contributed by atoms with E-state index in [-0.39, 0.29) is 5.91 Å². The molecule has 0 radical (unpaired) electrons. The Labute approximate surface area is 161 Å². The van der Waals surface area contributed by atoms with Crippen LogP contribution in [0, 0.1) is 0 Å². The number of anilines is 1. The van der Waals surface area contributed by atoms with E-state index < -0.39 is 0 Å². The van der Waals surface area contributed by atoms with Gasteiger partial charge in [-0.2, -0.15) is 0 Å². The van der Waals surface area contributed by atoms with Crippen molar-refractivity contribution < 1.29 is 4.79 Å². The molecule has 1 amide bonds. The predicted molar refractivity (Wildman–Crippen MR) is 110 cm³/mol. The van der Waals surface area contributed by atoms with Crippen LogP contribution < -0.4 is 5.32 Å². The number of aryl methyl sites for hydroxylation is 1. The normalized spacial score (nSPS) is 12.8. The number of amides is 1. The molecule has 0 aliphatic carbocycles. The molecule has 3 aromatic rings. The van der Waals surface area contributed by atoms with Gasteiger partial charge in [-0.05, 0) is 11.6 Å². The number of imidazole rings is 1. The summed E-state index contributed by atoms with van der Waals surface area (Å²) in [5.74, 6) is 2.36. The molecule has 0 unspecified atom stereocenters. The minimum atomic E-state index is 0.0134. The van der Waals surface area contributed by atoms with Gasteiger partial charge in [0.05, 0.1) is 17.1 Å². The van der Waals surface area contributed by atoms with E-state index in [1.807, 2.05) is 42.5 Å². The first-order valence-corrected chi connectivity index (χ1v) is 10.6. The highest BCUT2D eigenvalue weighted by molar-refractivity contribution is 7.99. The Balaban J connectivity index is 1.40. The van der Waals surface area contributed by atoms with E-state index in [9.17, 15) is 4.79 Å². The van der Waals surface area contributed by atoms with Crippen molar-refractivity contribution in [2.24, 2.45) is 0 Å². The zero-order valence-corrected chi connectivity index (χ0v) is 15.9. The molecule has 4 rings (SSSR count). The molecule has 2 aromatic carbocycles. The van der Waals surface area contributed by atoms with Crippen molar-refractivity contribution in [3.05, 3.63) is 66.4 Å². The minimum absolute atomic E-state index is 0.0134. The molecular weight excluding hydrogens is 362 g/mol. The van der Waals surface area contributed by atoms with E-state index >= 15 is 0 Å². The molecule has 1 N–H and O–H groups in total. The Bertz CT molecular complexity index is 887. The van der Waals surface area contributed by atoms with Crippen molar-refractivity contribution in [1.29, 1.82) is 0 Å². The van der Waals surface area contributed by atoms with Gasteiger partial charge in [0.15, 0.2) is 5.16 Å². The number of carbonyl (C=O) groups excluding carboxylic acids is 1. The molecule has 0 saturated heterocycles. The van der Waals surface area contributed by atoms with Gasteiger partial charge in [0.2, 0.25) is 5.91 Å². The third kappa shape index (κ3) is 3.97. The fourth-order valence-corrected chi connectivity index (χ4v) is 4.61. The first kappa shape index (κ1) is 17.2. The van der Waals surface area contributed by atoms with Gasteiger partial charge in [0.1, 0.15) is 0 Å². The molecular formula is C20H19N3OS2. The summed E-state index contributed by atoms with van der Waals surface area (Å²) in [5.41, 5.74) is 3.94. The van der Waals surface area contributed by atoms with E-state index in [1.165, 1.54) is 5.56 Å². The molecule has 0 saturated carbocycles. The maximum atomic E-state index is 12.4. The maximum Gasteiger partial charge on any atom is 0.234 e. The van der Waals surface area contributed by atoms with Gasteiger partial charge in [-0.3, -0.25) is 4.79 Å². The molecule has 0 atom stereocenters. The van der Waals surface area contributed by atoms with Gasteiger partial charge in [-0.15, -0.1) is 11.8 Å². The Morgan fingerprint density at radius 1 is 1.15 bits per heavy atom. The van der Waals surface area contributed by atoms with Crippen LogP contribution in [0.5, 0.6) is 0 Å². The lowest BCUT2D eigenvalue weighted by atomic mass is 10.1. The summed E-state index contributed by atoms with van der Waals surface area (Å²) in [6.07, 6.45) is 2.07. The van der Waals surface area contributed by atoms with Crippen molar-refractivity contribution in [2.75, 3.05) is 16.8 Å². The van der Waals surface area contributed by atoms with Gasteiger partial charge in [-0.1, -0.05) is 60.3 Å². The SMILES string of the molecule is O=C(CSCc1ccccc1)Nc1ccccc1-c1cn2c(n1)SCC2. The average Bonchev–Trinajstić information content (AvgIpc) is 3.25. The van der Waals surface area contributed by atoms with Crippen LogP contribution >= 0.6 is 23.5 Å². The molecule has 1 aliphatic rings. The number of hydrogen-bond acceptors (Lipinski definition) is 4. The summed E-state index contributed by atoms with van der Waals surface area (Å²) < 4.78 is 2.17. The largest absolute Gasteiger partial charge is 0.325 e. The zero-order valence-electron chi connectivity index (χ0n) is 14.2. The van der Waals surface area contributed by atoms with E-state index in [0.717, 1.165) is 40.2 Å². The van der Waals surface area contributed by atoms with Crippen LogP contribution in [-0.4, -0.2) is 27.0 Å². The van der Waals surface area contributed by atoms with Crippen LogP contribution in [0.25, 0.3) is 11.3 Å². The van der Waals surface area contributed by atoms with Gasteiger partial charge >= 0.3 is 0 Å². The fraction of sp³-hybridized carbons (Fsp3) is 0.200. The van der Waals surface area contributed by atoms with Gasteiger partial charge in [0.25, 0.3) is 0 Å². The Morgan fingerprint density at radius 3 is 2.81 bits per heavy atom. The third-order valence-electron chi connectivity index (χ3n) is 4.13. The van der Waals surface area contributed by atoms with E-state index in [2.05, 4.69) is 28.2 Å². The first-order valence-electron chi connectivity index (χ1n) is 8.50. The van der Waals surface area contributed by atoms with Crippen LogP contribution in [0.3, 0.4) is 0 Å². The number of nitrogens with one attached hydrogen (secondary N) is 1. The van der Waals surface area contributed by atoms with E-state index in [0.29, 0.717) is 5.75 Å². The number of para-hydroxylation sites is 1. The van der Waals surface area contributed by atoms with Crippen LogP contribution in [0.2, 0.25) is 0 Å². The highest BCUT2D eigenvalue weighted by Gasteiger charge is 2.17. The number of fused-ring (bicyclic) bond motifs is 1. The maximum absolute atomic E-state index is 12.4. The van der Waals surface area contributed by atoms with Gasteiger partial charge < -0.3 is 9.88 Å². The number of carbonyl (C=O) groups is 1. The summed E-state index contributed by atoms with van der Waals surface area (Å²) in [7, 11) is 0. The summed E-state index contributed by atoms with van der Waals surface area (Å²) >= 11 is 3.39. The Hall–Kier alpha value is -2.18. The molecule has 26 heavy (non-hydrogen) atoms. The summed E-state index contributed by atoms with van der Waals surface area (Å²) in [6.45, 7) is 0.998. The second kappa shape index (κ2) is 8.01. The predicted octanol–water partition coefficient (Wildman–Crippen LogP) is 4.53. The molecule has 6 heteroatoms. The minimum Gasteiger partial charge on any atom is -0.325 e. The molecule has 1 aliphatic heterocycles. The van der Waals surface area contributed by atoms with Crippen LogP contribution in [0.15, 0.2) is 66.0 Å². The highest BCUT2D eigenvalue weighted by atomic mass is 32.2. The lowest BCUT2D eigenvalue weighted by molar-refractivity contribution is -0.113. The van der Waals surface area contributed by atoms with Gasteiger partial charge in [0, 0.05) is 29.8 Å². The van der Waals surface area contributed by atoms with Crippen LogP contribution in [0.1, 0.15) is 5.56 Å². The number of rotatable bonds is 6. The molecule has 2 heterocycles. The van der Waals surface area contributed by atoms with Crippen molar-refractivity contribution in [1.82, 2.24) is 9.55 Å². The molecule has 0 bridgehead atoms. The lowest BCUT2D eigenvalue weighted by Gasteiger charge is -2.09. The quantitative estimate of drug-likeness (QED) is 0.682. The topological polar surface area (TPSA) is 46.9 Å². The monoisotopic (exact) mass is 381 g/mol. The van der Waals surface area contributed by atoms with Crippen LogP contribution in [-0.2, 0) is 17.1 Å². The smallest absolute Gasteiger partial charge is 0.234 e. The van der Waals surface area contributed by atoms with E-state index in [4.69, 9.17) is 4.98 Å². The Morgan fingerprint density at radius 2 is 1.96 bits per heavy atom. The van der Waals surface area contributed by atoms with Gasteiger partial charge in [-0.25, -0.2) is 4.98 Å². The summed E-state index contributed by atoms with van der Waals surface area (Å²) in [5, 5.41) is 4.10. The number of aromatic nitrogens is 2. The van der Waals surface area contributed by atoms with E-state index in [1.54, 1.807) is 23.5 Å². The molecule has 132 valence electrons. The highest BCUT2D eigenvalue weighted by Crippen LogP contribution is 2.32. The molecule has 0 fully saturated rings. The zero-order chi connectivity index (χ0) is 17.8. The lowest BCUT2D eigenvalue weighted by Crippen LogP contribution is -2.14. The van der Waals surface area contributed by atoms with Crippen molar-refractivity contribution in [3.63, 3.8) is 0 Å². The molecule has 1 aromatic heterocycles. The number of nitrogens with zero attached hydrogens (tertiary/aromatic N) is 2. The number of benzene rings is 2. The summed E-state index contributed by atoms with van der Waals surface area (Å²) in [6, 6.07) is 18.1. The fourth-order valence-electron chi connectivity index (χ4n) is 2.88.